The van der Waals surface area contributed by atoms with Crippen LogP contribution in [0.5, 0.6) is 0 Å². The molecule has 0 heterocycles. The van der Waals surface area contributed by atoms with Gasteiger partial charge >= 0.3 is 0 Å². The van der Waals surface area contributed by atoms with E-state index in [2.05, 4.69) is 37.2 Å². The predicted molar refractivity (Wildman–Crippen MR) is 89.8 cm³/mol. The molecule has 2 rings (SSSR count). The number of hydrogen-bond acceptors (Lipinski definition) is 2. The van der Waals surface area contributed by atoms with E-state index < -0.39 is 5.41 Å². The molecule has 0 aliphatic heterocycles. The summed E-state index contributed by atoms with van der Waals surface area (Å²) in [5.74, 6) is 0.0463. The lowest BCUT2D eigenvalue weighted by atomic mass is 9.73. The highest BCUT2D eigenvalue weighted by Crippen LogP contribution is 2.39. The van der Waals surface area contributed by atoms with Crippen molar-refractivity contribution in [2.24, 2.45) is 11.1 Å². The molecule has 0 atom stereocenters. The first-order valence-electron chi connectivity index (χ1n) is 6.96. The molecule has 1 amide bonds. The summed E-state index contributed by atoms with van der Waals surface area (Å²) in [6.07, 6.45) is 5.14. The zero-order chi connectivity index (χ0) is 14.8. The van der Waals surface area contributed by atoms with Gasteiger partial charge in [-0.3, -0.25) is 4.79 Å². The van der Waals surface area contributed by atoms with E-state index in [1.54, 1.807) is 0 Å². The van der Waals surface area contributed by atoms with Crippen molar-refractivity contribution in [1.29, 1.82) is 0 Å². The number of halogens is 2. The Morgan fingerprint density at radius 1 is 1.25 bits per heavy atom. The van der Waals surface area contributed by atoms with Gasteiger partial charge in [-0.05, 0) is 69.3 Å². The fourth-order valence-electron chi connectivity index (χ4n) is 2.82. The number of aryl methyl sites for hydroxylation is 1. The van der Waals surface area contributed by atoms with Crippen molar-refractivity contribution in [3.8, 4) is 0 Å². The van der Waals surface area contributed by atoms with E-state index in [1.807, 2.05) is 19.1 Å². The van der Waals surface area contributed by atoms with Crippen LogP contribution in [0.3, 0.4) is 0 Å². The SMILES string of the molecule is Cc1cc(Br)c(NC(=O)C2(CN)CCCCC2)c(Br)c1. The Hall–Kier alpha value is -0.390. The number of amides is 1. The maximum absolute atomic E-state index is 12.7. The first-order chi connectivity index (χ1) is 9.48. The van der Waals surface area contributed by atoms with Gasteiger partial charge in [0.2, 0.25) is 5.91 Å². The van der Waals surface area contributed by atoms with Gasteiger partial charge in [0.05, 0.1) is 11.1 Å². The molecule has 1 aromatic rings. The van der Waals surface area contributed by atoms with E-state index in [0.717, 1.165) is 45.9 Å². The third-order valence-corrected chi connectivity index (χ3v) is 5.36. The topological polar surface area (TPSA) is 55.1 Å². The fraction of sp³-hybridized carbons (Fsp3) is 0.533. The summed E-state index contributed by atoms with van der Waals surface area (Å²) < 4.78 is 1.78. The average molecular weight is 404 g/mol. The lowest BCUT2D eigenvalue weighted by Crippen LogP contribution is -2.44. The number of benzene rings is 1. The Labute approximate surface area is 136 Å². The molecule has 0 unspecified atom stereocenters. The number of carbonyl (C=O) groups excluding carboxylic acids is 1. The highest BCUT2D eigenvalue weighted by molar-refractivity contribution is 9.11. The largest absolute Gasteiger partial charge is 0.329 e. The van der Waals surface area contributed by atoms with Crippen LogP contribution in [0.25, 0.3) is 0 Å². The molecular weight excluding hydrogens is 384 g/mol. The second-order valence-corrected chi connectivity index (χ2v) is 7.31. The van der Waals surface area contributed by atoms with Crippen LogP contribution in [0, 0.1) is 12.3 Å². The Bertz CT molecular complexity index is 488. The van der Waals surface area contributed by atoms with Gasteiger partial charge in [0.1, 0.15) is 0 Å². The Morgan fingerprint density at radius 2 is 1.80 bits per heavy atom. The van der Waals surface area contributed by atoms with Crippen molar-refractivity contribution < 1.29 is 4.79 Å². The fourth-order valence-corrected chi connectivity index (χ4v) is 4.43. The van der Waals surface area contributed by atoms with Crippen molar-refractivity contribution >= 4 is 43.5 Å². The first kappa shape index (κ1) is 16.0. The van der Waals surface area contributed by atoms with Crippen molar-refractivity contribution in [3.05, 3.63) is 26.6 Å². The van der Waals surface area contributed by atoms with Crippen LogP contribution in [-0.2, 0) is 4.79 Å². The van der Waals surface area contributed by atoms with Crippen molar-refractivity contribution in [2.75, 3.05) is 11.9 Å². The smallest absolute Gasteiger partial charge is 0.231 e. The molecule has 3 nitrogen and oxygen atoms in total. The number of carbonyl (C=O) groups is 1. The van der Waals surface area contributed by atoms with E-state index in [0.29, 0.717) is 6.54 Å². The quantitative estimate of drug-likeness (QED) is 0.787. The van der Waals surface area contributed by atoms with Crippen molar-refractivity contribution in [3.63, 3.8) is 0 Å². The summed E-state index contributed by atoms with van der Waals surface area (Å²) in [6, 6.07) is 3.99. The number of anilines is 1. The highest BCUT2D eigenvalue weighted by Gasteiger charge is 2.38. The van der Waals surface area contributed by atoms with E-state index in [1.165, 1.54) is 6.42 Å². The molecule has 0 spiro atoms. The lowest BCUT2D eigenvalue weighted by Gasteiger charge is -2.34. The van der Waals surface area contributed by atoms with Gasteiger partial charge in [-0.25, -0.2) is 0 Å². The molecule has 1 saturated carbocycles. The molecule has 1 aliphatic rings. The Morgan fingerprint density at radius 3 is 2.30 bits per heavy atom. The Kier molecular flexibility index (Phi) is 5.26. The standard InChI is InChI=1S/C15H20Br2N2O/c1-10-7-11(16)13(12(17)8-10)19-14(20)15(9-18)5-3-2-4-6-15/h7-8H,2-6,9,18H2,1H3,(H,19,20). The third-order valence-electron chi connectivity index (χ3n) is 4.11. The van der Waals surface area contributed by atoms with Crippen molar-refractivity contribution in [1.82, 2.24) is 0 Å². The number of rotatable bonds is 3. The molecule has 5 heteroatoms. The molecule has 0 radical (unpaired) electrons. The molecule has 0 aromatic heterocycles. The van der Waals surface area contributed by atoms with Crippen molar-refractivity contribution in [2.45, 2.75) is 39.0 Å². The van der Waals surface area contributed by atoms with Crippen LogP contribution in [0.4, 0.5) is 5.69 Å². The van der Waals surface area contributed by atoms with Crippen LogP contribution in [-0.4, -0.2) is 12.5 Å². The Balaban J connectivity index is 2.23. The lowest BCUT2D eigenvalue weighted by molar-refractivity contribution is -0.126. The zero-order valence-corrected chi connectivity index (χ0v) is 14.8. The molecular formula is C15H20Br2N2O. The van der Waals surface area contributed by atoms with Gasteiger partial charge in [0.25, 0.3) is 0 Å². The summed E-state index contributed by atoms with van der Waals surface area (Å²) in [4.78, 5) is 12.7. The maximum Gasteiger partial charge on any atom is 0.231 e. The van der Waals surface area contributed by atoms with Gasteiger partial charge < -0.3 is 11.1 Å². The summed E-state index contributed by atoms with van der Waals surface area (Å²) in [5, 5.41) is 3.05. The monoisotopic (exact) mass is 402 g/mol. The second kappa shape index (κ2) is 6.58. The van der Waals surface area contributed by atoms with Gasteiger partial charge in [-0.1, -0.05) is 19.3 Å². The van der Waals surface area contributed by atoms with Gasteiger partial charge in [-0.15, -0.1) is 0 Å². The maximum atomic E-state index is 12.7. The molecule has 110 valence electrons. The summed E-state index contributed by atoms with van der Waals surface area (Å²) in [6.45, 7) is 2.43. The predicted octanol–water partition coefficient (Wildman–Crippen LogP) is 4.37. The van der Waals surface area contributed by atoms with Gasteiger partial charge in [0, 0.05) is 15.5 Å². The molecule has 20 heavy (non-hydrogen) atoms. The van der Waals surface area contributed by atoms with E-state index in [4.69, 9.17) is 5.73 Å². The molecule has 1 aromatic carbocycles. The highest BCUT2D eigenvalue weighted by atomic mass is 79.9. The van der Waals surface area contributed by atoms with Crippen LogP contribution < -0.4 is 11.1 Å². The summed E-state index contributed by atoms with van der Waals surface area (Å²) in [5.41, 5.74) is 7.43. The summed E-state index contributed by atoms with van der Waals surface area (Å²) in [7, 11) is 0. The molecule has 1 aliphatic carbocycles. The van der Waals surface area contributed by atoms with Crippen LogP contribution in [0.1, 0.15) is 37.7 Å². The number of nitrogens with two attached hydrogens (primary N) is 1. The third kappa shape index (κ3) is 3.26. The average Bonchev–Trinajstić information content (AvgIpc) is 2.43. The van der Waals surface area contributed by atoms with Crippen LogP contribution >= 0.6 is 31.9 Å². The number of hydrogen-bond donors (Lipinski definition) is 2. The molecule has 3 N–H and O–H groups in total. The molecule has 1 fully saturated rings. The van der Waals surface area contributed by atoms with Gasteiger partial charge in [-0.2, -0.15) is 0 Å². The van der Waals surface area contributed by atoms with E-state index in [9.17, 15) is 4.79 Å². The number of nitrogens with one attached hydrogen (secondary N) is 1. The minimum Gasteiger partial charge on any atom is -0.329 e. The molecule has 0 saturated heterocycles. The van der Waals surface area contributed by atoms with E-state index in [-0.39, 0.29) is 5.91 Å². The minimum absolute atomic E-state index is 0.0463. The summed E-state index contributed by atoms with van der Waals surface area (Å²) >= 11 is 7.03. The van der Waals surface area contributed by atoms with Gasteiger partial charge in [0.15, 0.2) is 0 Å². The van der Waals surface area contributed by atoms with Crippen LogP contribution in [0.15, 0.2) is 21.1 Å². The molecule has 0 bridgehead atoms. The zero-order valence-electron chi connectivity index (χ0n) is 11.6. The van der Waals surface area contributed by atoms with E-state index >= 15 is 0 Å². The normalized spacial score (nSPS) is 17.8. The minimum atomic E-state index is -0.401. The van der Waals surface area contributed by atoms with Crippen LogP contribution in [0.2, 0.25) is 0 Å². The first-order valence-corrected chi connectivity index (χ1v) is 8.54. The second-order valence-electron chi connectivity index (χ2n) is 5.60.